The first kappa shape index (κ1) is 83.7. The molecule has 1 fully saturated rings. The lowest BCUT2D eigenvalue weighted by Gasteiger charge is -2.31. The predicted molar refractivity (Wildman–Crippen MR) is 467 cm³/mol. The van der Waals surface area contributed by atoms with Crippen molar-refractivity contribution in [2.24, 2.45) is 0 Å². The monoisotopic (exact) mass is 1710 g/mol. The third kappa shape index (κ3) is 17.4. The Morgan fingerprint density at radius 1 is 0.449 bits per heavy atom. The first-order valence-electron chi connectivity index (χ1n) is 36.7. The van der Waals surface area contributed by atoms with Crippen molar-refractivity contribution in [3.63, 3.8) is 0 Å². The molecule has 9 aromatic heterocycles. The van der Waals surface area contributed by atoms with E-state index in [2.05, 4.69) is 71.2 Å². The quantitative estimate of drug-likeness (QED) is 0.0332. The van der Waals surface area contributed by atoms with Crippen LogP contribution in [0.1, 0.15) is 41.1 Å². The summed E-state index contributed by atoms with van der Waals surface area (Å²) >= 11 is 40.8. The van der Waals surface area contributed by atoms with Crippen molar-refractivity contribution in [2.45, 2.75) is 38.2 Å². The lowest BCUT2D eigenvalue weighted by Crippen LogP contribution is -2.40. The normalized spacial score (nSPS) is 12.0. The third-order valence-electron chi connectivity index (χ3n) is 19.6. The smallest absolute Gasteiger partial charge is 0.247 e. The van der Waals surface area contributed by atoms with E-state index < -0.39 is 0 Å². The number of fused-ring (bicyclic) bond motifs is 9. The standard InChI is InChI=1S/C29H25Cl2N5O3.C28H30Cl2N6O4.C28H24Cl2N6O3/c1-5-25(37)34-18-8-6-16(7-9-18)10-19-15-36-21-12-24(32-2)33-14-17(21)11-20(29(36)35-19)26-27(30)22(38-3)13-23(39-4)28(26)31;1-5-22(37)35-9-6-18(7-10-35)40-11-8-17-15-36-26-16(14-32-28(31-2)34-26)12-19(27(36)33-17)23-24(29)20(38-3)13-21(39-4)25(23)30;1-5-22(37)33-17-8-6-15(7-9-17)10-18-14-36-26-16(13-32-28(31-2)35-26)11-19(27(36)34-18)23-24(29)20(38-3)12-21(39-4)25(23)30/h5-9,11-15H,1,10H2,2-4H3,(H,32,33)(H,34,37);5,12-15,18H,1,6-11H2,2-4H3,(H,31,32,34);5-9,11-14H,1,10H2,2-4H3,(H,33,37)(H,31,32,35). The molecule has 0 saturated carbocycles. The van der Waals surface area contributed by atoms with Crippen LogP contribution in [0.25, 0.3) is 83.3 Å². The van der Waals surface area contributed by atoms with Gasteiger partial charge >= 0.3 is 0 Å². The summed E-state index contributed by atoms with van der Waals surface area (Å²) in [6.45, 7) is 12.3. The number of hydrogen-bond acceptors (Lipinski definition) is 21. The molecule has 606 valence electrons. The van der Waals surface area contributed by atoms with Gasteiger partial charge in [0.25, 0.3) is 0 Å². The molecule has 1 aliphatic heterocycles. The van der Waals surface area contributed by atoms with Crippen molar-refractivity contribution in [1.29, 1.82) is 0 Å². The zero-order valence-electron chi connectivity index (χ0n) is 65.4. The van der Waals surface area contributed by atoms with Crippen molar-refractivity contribution in [1.82, 2.24) is 58.0 Å². The number of benzene rings is 5. The van der Waals surface area contributed by atoms with E-state index in [0.29, 0.717) is 188 Å². The van der Waals surface area contributed by atoms with Crippen LogP contribution in [0.2, 0.25) is 30.1 Å². The molecule has 33 heteroatoms. The molecule has 3 amide bonds. The molecule has 0 spiro atoms. The fourth-order valence-corrected chi connectivity index (χ4v) is 15.8. The van der Waals surface area contributed by atoms with E-state index in [1.54, 1.807) is 70.0 Å². The van der Waals surface area contributed by atoms with Crippen LogP contribution in [0, 0.1) is 0 Å². The minimum Gasteiger partial charge on any atom is -0.495 e. The van der Waals surface area contributed by atoms with Crippen LogP contribution in [0.15, 0.2) is 166 Å². The molecule has 15 rings (SSSR count). The first-order chi connectivity index (χ1) is 57.1. The molecule has 0 unspecified atom stereocenters. The highest BCUT2D eigenvalue weighted by molar-refractivity contribution is 6.43. The topological polar surface area (TPSA) is 296 Å². The summed E-state index contributed by atoms with van der Waals surface area (Å²) in [5.74, 6) is 3.69. The van der Waals surface area contributed by atoms with Crippen molar-refractivity contribution in [2.75, 3.05) is 110 Å². The number of pyridine rings is 4. The number of nitrogens with one attached hydrogen (secondary N) is 5. The number of imidazole rings is 3. The Kier molecular flexibility index (Phi) is 26.2. The van der Waals surface area contributed by atoms with E-state index in [-0.39, 0.29) is 23.8 Å². The van der Waals surface area contributed by atoms with Gasteiger partial charge in [-0.05, 0) is 84.7 Å². The Bertz CT molecular complexity index is 5890. The highest BCUT2D eigenvalue weighted by atomic mass is 35.5. The van der Waals surface area contributed by atoms with E-state index in [1.165, 1.54) is 46.7 Å². The second-order valence-corrected chi connectivity index (χ2v) is 28.9. The summed E-state index contributed by atoms with van der Waals surface area (Å²) in [4.78, 5) is 74.4. The molecule has 10 heterocycles. The Labute approximate surface area is 707 Å². The number of aromatic nitrogens is 11. The summed E-state index contributed by atoms with van der Waals surface area (Å²) < 4.78 is 45.0. The van der Waals surface area contributed by atoms with E-state index >= 15 is 0 Å². The van der Waals surface area contributed by atoms with Gasteiger partial charge in [0, 0.05) is 176 Å². The van der Waals surface area contributed by atoms with Crippen LogP contribution >= 0.6 is 69.6 Å². The van der Waals surface area contributed by atoms with Crippen molar-refractivity contribution in [3.8, 4) is 67.9 Å². The van der Waals surface area contributed by atoms with Gasteiger partial charge in [-0.25, -0.2) is 29.9 Å². The zero-order chi connectivity index (χ0) is 83.8. The summed E-state index contributed by atoms with van der Waals surface area (Å²) in [6, 6.07) is 27.8. The molecule has 0 radical (unpaired) electrons. The van der Waals surface area contributed by atoms with Gasteiger partial charge in [-0.2, -0.15) is 9.97 Å². The Hall–Kier alpha value is -12.2. The molecule has 14 aromatic rings. The number of carbonyl (C=O) groups is 3. The highest BCUT2D eigenvalue weighted by Crippen LogP contribution is 2.51. The molecule has 1 saturated heterocycles. The third-order valence-corrected chi connectivity index (χ3v) is 21.8. The molecule has 27 nitrogen and oxygen atoms in total. The van der Waals surface area contributed by atoms with Gasteiger partial charge in [0.05, 0.1) is 108 Å². The second kappa shape index (κ2) is 36.9. The zero-order valence-corrected chi connectivity index (χ0v) is 70.0. The first-order valence-corrected chi connectivity index (χ1v) is 39.0. The van der Waals surface area contributed by atoms with Gasteiger partial charge in [-0.15, -0.1) is 0 Å². The number of carbonyl (C=O) groups excluding carboxylic acids is 3. The number of amides is 3. The van der Waals surface area contributed by atoms with Crippen molar-refractivity contribution >= 4 is 166 Å². The number of nitrogens with zero attached hydrogens (tertiary/aromatic N) is 12. The molecule has 118 heavy (non-hydrogen) atoms. The van der Waals surface area contributed by atoms with Crippen molar-refractivity contribution < 1.29 is 47.5 Å². The van der Waals surface area contributed by atoms with E-state index in [9.17, 15) is 14.4 Å². The SMILES string of the molecule is C=CC(=O)N1CCC(OCCc2cn3c(n2)c(-c2c(Cl)c(OC)cc(OC)c2Cl)cc2cnc(NC)nc23)CC1.C=CC(=O)Nc1ccc(Cc2cn3c(n2)c(-c2c(Cl)c(OC)cc(OC)c2Cl)cc2cnc(NC)cc23)cc1.C=CC(=O)Nc1ccc(Cc2cn3c(n2)c(-c2c(Cl)c(OC)cc(OC)c2Cl)cc2cnc(NC)nc23)cc1. The molecule has 5 N–H and O–H groups in total. The number of rotatable bonds is 25. The molecule has 0 bridgehead atoms. The lowest BCUT2D eigenvalue weighted by atomic mass is 10.0. The number of ether oxygens (including phenoxy) is 7. The maximum atomic E-state index is 11.8. The van der Waals surface area contributed by atoms with Gasteiger partial charge in [-0.3, -0.25) is 27.6 Å². The van der Waals surface area contributed by atoms with E-state index in [4.69, 9.17) is 118 Å². The molecule has 0 atom stereocenters. The van der Waals surface area contributed by atoms with Gasteiger partial charge < -0.3 is 64.6 Å². The van der Waals surface area contributed by atoms with Gasteiger partial charge in [0.2, 0.25) is 29.6 Å². The fourth-order valence-electron chi connectivity index (χ4n) is 13.7. The minimum absolute atomic E-state index is 0.0368. The summed E-state index contributed by atoms with van der Waals surface area (Å²) in [7, 11) is 14.6. The Morgan fingerprint density at radius 2 is 0.822 bits per heavy atom. The van der Waals surface area contributed by atoms with Crippen LogP contribution in [-0.4, -0.2) is 165 Å². The number of methoxy groups -OCH3 is 6. The predicted octanol–water partition coefficient (Wildman–Crippen LogP) is 17.7. The Balaban J connectivity index is 0.000000153. The van der Waals surface area contributed by atoms with Crippen LogP contribution < -0.4 is 55.0 Å². The summed E-state index contributed by atoms with van der Waals surface area (Å²) in [5.41, 5.74) is 13.7. The number of likely N-dealkylation sites (tertiary alicyclic amines) is 1. The minimum atomic E-state index is -0.267. The molecule has 5 aromatic carbocycles. The number of hydrogen-bond donors (Lipinski definition) is 5. The number of anilines is 5. The Morgan fingerprint density at radius 3 is 1.20 bits per heavy atom. The van der Waals surface area contributed by atoms with Crippen LogP contribution in [0.3, 0.4) is 0 Å². The second-order valence-electron chi connectivity index (χ2n) is 26.6. The molecular formula is C85H79Cl6N17O10. The lowest BCUT2D eigenvalue weighted by molar-refractivity contribution is -0.128. The van der Waals surface area contributed by atoms with Gasteiger partial charge in [-0.1, -0.05) is 114 Å². The molecule has 0 aliphatic carbocycles. The fraction of sp³-hybridized carbons (Fsp3) is 0.212. The van der Waals surface area contributed by atoms with Crippen LogP contribution in [0.4, 0.5) is 29.1 Å². The van der Waals surface area contributed by atoms with E-state index in [0.717, 1.165) is 68.5 Å². The van der Waals surface area contributed by atoms with Crippen LogP contribution in [-0.2, 0) is 38.4 Å². The van der Waals surface area contributed by atoms with Gasteiger partial charge in [0.15, 0.2) is 11.3 Å². The summed E-state index contributed by atoms with van der Waals surface area (Å²) in [6.07, 6.45) is 18.3. The summed E-state index contributed by atoms with van der Waals surface area (Å²) in [5, 5.41) is 19.0. The highest BCUT2D eigenvalue weighted by Gasteiger charge is 2.29. The largest absolute Gasteiger partial charge is 0.495 e. The van der Waals surface area contributed by atoms with Crippen molar-refractivity contribution in [3.05, 3.63) is 224 Å². The average molecular weight is 1710 g/mol. The van der Waals surface area contributed by atoms with Crippen LogP contribution in [0.5, 0.6) is 34.5 Å². The molecule has 1 aliphatic rings. The number of halogens is 6. The number of piperidine rings is 1. The van der Waals surface area contributed by atoms with E-state index in [1.807, 2.05) is 112 Å². The molecular weight excluding hydrogens is 1630 g/mol. The van der Waals surface area contributed by atoms with Gasteiger partial charge in [0.1, 0.15) is 57.3 Å². The average Bonchev–Trinajstić information content (AvgIpc) is 1.55. The maximum absolute atomic E-state index is 11.8. The maximum Gasteiger partial charge on any atom is 0.247 e.